The molecule has 0 amide bonds. The Kier molecular flexibility index (Phi) is 4.44. The number of hydrogen-bond donors (Lipinski definition) is 1. The van der Waals surface area contributed by atoms with Crippen LogP contribution in [0, 0.1) is 0 Å². The molecule has 1 aliphatic heterocycles. The molecule has 8 heteroatoms. The van der Waals surface area contributed by atoms with E-state index < -0.39 is 28.8 Å². The number of rotatable bonds is 4. The van der Waals surface area contributed by atoms with E-state index >= 15 is 0 Å². The van der Waals surface area contributed by atoms with E-state index in [1.165, 1.54) is 0 Å². The molecule has 2 rings (SSSR count). The maximum Gasteiger partial charge on any atom is 0.333 e. The Morgan fingerprint density at radius 2 is 2.05 bits per heavy atom. The van der Waals surface area contributed by atoms with Crippen molar-refractivity contribution in [3.63, 3.8) is 0 Å². The predicted octanol–water partition coefficient (Wildman–Crippen LogP) is 1.36. The van der Waals surface area contributed by atoms with Gasteiger partial charge in [-0.3, -0.25) is 4.18 Å². The fraction of sp³-hybridized carbons (Fsp3) is 0.455. The first kappa shape index (κ1) is 14.7. The van der Waals surface area contributed by atoms with Gasteiger partial charge in [0.1, 0.15) is 12.2 Å². The van der Waals surface area contributed by atoms with Gasteiger partial charge in [-0.25, -0.2) is 5.14 Å². The van der Waals surface area contributed by atoms with Crippen molar-refractivity contribution in [2.24, 2.45) is 5.14 Å². The molecule has 0 aliphatic carbocycles. The topological polar surface area (TPSA) is 87.9 Å². The number of benzene rings is 1. The van der Waals surface area contributed by atoms with E-state index in [9.17, 15) is 8.42 Å². The number of halogens is 1. The third kappa shape index (κ3) is 3.88. The fourth-order valence-corrected chi connectivity index (χ4v) is 2.48. The molecular weight excluding hydrogens is 294 g/mol. The molecule has 0 saturated carbocycles. The van der Waals surface area contributed by atoms with Crippen molar-refractivity contribution >= 4 is 21.9 Å². The molecule has 19 heavy (non-hydrogen) atoms. The maximum atomic E-state index is 10.8. The van der Waals surface area contributed by atoms with Crippen LogP contribution in [0.5, 0.6) is 0 Å². The highest BCUT2D eigenvalue weighted by Gasteiger charge is 2.37. The highest BCUT2D eigenvalue weighted by atomic mass is 35.5. The number of ether oxygens (including phenoxy) is 2. The minimum absolute atomic E-state index is 0.223. The van der Waals surface area contributed by atoms with Gasteiger partial charge in [-0.1, -0.05) is 29.8 Å². The van der Waals surface area contributed by atoms with Gasteiger partial charge in [-0.2, -0.15) is 8.42 Å². The quantitative estimate of drug-likeness (QED) is 0.907. The average molecular weight is 308 g/mol. The lowest BCUT2D eigenvalue weighted by Crippen LogP contribution is -2.27. The monoisotopic (exact) mass is 307 g/mol. The van der Waals surface area contributed by atoms with Crippen LogP contribution in [0.3, 0.4) is 0 Å². The molecule has 1 heterocycles. The molecule has 0 radical (unpaired) electrons. The molecular formula is C11H14ClNO5S. The predicted molar refractivity (Wildman–Crippen MR) is 68.7 cm³/mol. The summed E-state index contributed by atoms with van der Waals surface area (Å²) in [6, 6.07) is 7.12. The molecule has 0 spiro atoms. The van der Waals surface area contributed by atoms with Crippen molar-refractivity contribution < 1.29 is 22.1 Å². The Hall–Kier alpha value is -0.700. The highest BCUT2D eigenvalue weighted by Crippen LogP contribution is 2.36. The Bertz CT molecular complexity index is 550. The number of hydrogen-bond acceptors (Lipinski definition) is 5. The Morgan fingerprint density at radius 3 is 2.68 bits per heavy atom. The van der Waals surface area contributed by atoms with Crippen LogP contribution in [-0.2, 0) is 24.0 Å². The lowest BCUT2D eigenvalue weighted by molar-refractivity contribution is -0.0549. The SMILES string of the molecule is CC1O[C@@H](COS(N)(=O)=O)[C@H](c2ccccc2Cl)O1. The van der Waals surface area contributed by atoms with Crippen LogP contribution < -0.4 is 5.14 Å². The van der Waals surface area contributed by atoms with Crippen LogP contribution >= 0.6 is 11.6 Å². The summed E-state index contributed by atoms with van der Waals surface area (Å²) in [5.74, 6) is 0. The van der Waals surface area contributed by atoms with Gasteiger partial charge in [0, 0.05) is 10.6 Å². The molecule has 1 aromatic rings. The highest BCUT2D eigenvalue weighted by molar-refractivity contribution is 7.84. The van der Waals surface area contributed by atoms with Gasteiger partial charge in [-0.15, -0.1) is 0 Å². The molecule has 1 unspecified atom stereocenters. The first-order chi connectivity index (χ1) is 8.87. The van der Waals surface area contributed by atoms with Crippen molar-refractivity contribution in [3.05, 3.63) is 34.9 Å². The zero-order valence-electron chi connectivity index (χ0n) is 10.2. The van der Waals surface area contributed by atoms with Crippen molar-refractivity contribution in [1.29, 1.82) is 0 Å². The first-order valence-corrected chi connectivity index (χ1v) is 7.44. The molecule has 1 aliphatic rings. The van der Waals surface area contributed by atoms with E-state index in [1.54, 1.807) is 25.1 Å². The van der Waals surface area contributed by atoms with Gasteiger partial charge in [0.25, 0.3) is 0 Å². The first-order valence-electron chi connectivity index (χ1n) is 5.59. The summed E-state index contributed by atoms with van der Waals surface area (Å²) in [5, 5.41) is 5.31. The molecule has 1 aromatic carbocycles. The summed E-state index contributed by atoms with van der Waals surface area (Å²) < 4.78 is 37.2. The van der Waals surface area contributed by atoms with E-state index in [0.717, 1.165) is 5.56 Å². The second-order valence-corrected chi connectivity index (χ2v) is 5.73. The molecule has 106 valence electrons. The molecule has 0 bridgehead atoms. The number of nitrogens with two attached hydrogens (primary N) is 1. The van der Waals surface area contributed by atoms with Gasteiger partial charge in [0.15, 0.2) is 6.29 Å². The molecule has 6 nitrogen and oxygen atoms in total. The standard InChI is InChI=1S/C11H14ClNO5S/c1-7-17-10(6-16-19(13,14)15)11(18-7)8-4-2-3-5-9(8)12/h2-5,7,10-11H,6H2,1H3,(H2,13,14,15)/t7?,10-,11-/m0/s1. The third-order valence-corrected chi connectivity index (χ3v) is 3.46. The van der Waals surface area contributed by atoms with Crippen LogP contribution in [0.1, 0.15) is 18.6 Å². The molecule has 1 saturated heterocycles. The van der Waals surface area contributed by atoms with Crippen LogP contribution in [-0.4, -0.2) is 27.4 Å². The van der Waals surface area contributed by atoms with Crippen molar-refractivity contribution in [3.8, 4) is 0 Å². The summed E-state index contributed by atoms with van der Waals surface area (Å²) in [5.41, 5.74) is 0.719. The molecule has 1 fully saturated rings. The fourth-order valence-electron chi connectivity index (χ4n) is 1.91. The lowest BCUT2D eigenvalue weighted by atomic mass is 10.1. The Labute approximate surface area is 116 Å². The van der Waals surface area contributed by atoms with Gasteiger partial charge in [-0.05, 0) is 13.0 Å². The summed E-state index contributed by atoms with van der Waals surface area (Å²) >= 11 is 6.09. The van der Waals surface area contributed by atoms with Crippen LogP contribution in [0.4, 0.5) is 0 Å². The van der Waals surface area contributed by atoms with Crippen molar-refractivity contribution in [2.45, 2.75) is 25.4 Å². The lowest BCUT2D eigenvalue weighted by Gasteiger charge is -2.17. The molecule has 0 aromatic heterocycles. The Balaban J connectivity index is 2.16. The van der Waals surface area contributed by atoms with Crippen LogP contribution in [0.2, 0.25) is 5.02 Å². The minimum Gasteiger partial charge on any atom is -0.344 e. The van der Waals surface area contributed by atoms with Gasteiger partial charge >= 0.3 is 10.3 Å². The molecule has 3 atom stereocenters. The minimum atomic E-state index is -4.01. The van der Waals surface area contributed by atoms with Gasteiger partial charge < -0.3 is 9.47 Å². The largest absolute Gasteiger partial charge is 0.344 e. The maximum absolute atomic E-state index is 10.8. The summed E-state index contributed by atoms with van der Waals surface area (Å²) in [7, 11) is -4.01. The normalized spacial score (nSPS) is 27.6. The van der Waals surface area contributed by atoms with E-state index in [1.807, 2.05) is 6.07 Å². The second kappa shape index (κ2) is 5.74. The van der Waals surface area contributed by atoms with Gasteiger partial charge in [0.2, 0.25) is 0 Å². The van der Waals surface area contributed by atoms with Crippen molar-refractivity contribution in [2.75, 3.05) is 6.61 Å². The van der Waals surface area contributed by atoms with Crippen LogP contribution in [0.25, 0.3) is 0 Å². The van der Waals surface area contributed by atoms with Crippen molar-refractivity contribution in [1.82, 2.24) is 0 Å². The third-order valence-electron chi connectivity index (χ3n) is 2.65. The summed E-state index contributed by atoms with van der Waals surface area (Å²) in [6.45, 7) is 1.49. The average Bonchev–Trinajstić information content (AvgIpc) is 2.67. The van der Waals surface area contributed by atoms with E-state index in [0.29, 0.717) is 5.02 Å². The second-order valence-electron chi connectivity index (χ2n) is 4.10. The summed E-state index contributed by atoms with van der Waals surface area (Å²) in [6.07, 6.45) is -1.56. The van der Waals surface area contributed by atoms with E-state index in [4.69, 9.17) is 26.2 Å². The summed E-state index contributed by atoms with van der Waals surface area (Å²) in [4.78, 5) is 0. The van der Waals surface area contributed by atoms with E-state index in [-0.39, 0.29) is 6.61 Å². The van der Waals surface area contributed by atoms with Crippen LogP contribution in [0.15, 0.2) is 24.3 Å². The zero-order chi connectivity index (χ0) is 14.0. The molecule has 2 N–H and O–H groups in total. The van der Waals surface area contributed by atoms with Gasteiger partial charge in [0.05, 0.1) is 6.61 Å². The van der Waals surface area contributed by atoms with E-state index in [2.05, 4.69) is 4.18 Å². The Morgan fingerprint density at radius 1 is 1.37 bits per heavy atom. The smallest absolute Gasteiger partial charge is 0.333 e. The zero-order valence-corrected chi connectivity index (χ0v) is 11.7.